The molecule has 0 spiro atoms. The first-order chi connectivity index (χ1) is 9.23. The maximum atomic E-state index is 11.9. The molecule has 0 radical (unpaired) electrons. The number of benzene rings is 1. The van der Waals surface area contributed by atoms with Crippen LogP contribution in [0.15, 0.2) is 18.2 Å². The molecule has 0 fully saturated rings. The number of nitrogens with one attached hydrogen (secondary N) is 1. The van der Waals surface area contributed by atoms with E-state index < -0.39 is 16.0 Å². The number of hydrogen-bond donors (Lipinski definition) is 1. The number of sulfonamides is 1. The van der Waals surface area contributed by atoms with E-state index in [-0.39, 0.29) is 30.1 Å². The van der Waals surface area contributed by atoms with Crippen LogP contribution in [-0.4, -0.2) is 33.0 Å². The number of carbonyl (C=O) groups excluding carboxylic acids is 2. The monoisotopic (exact) mass is 299 g/mol. The van der Waals surface area contributed by atoms with E-state index in [0.29, 0.717) is 5.56 Å². The lowest BCUT2D eigenvalue weighted by atomic mass is 10.0. The molecule has 0 aromatic heterocycles. The van der Waals surface area contributed by atoms with E-state index in [1.807, 2.05) is 0 Å². The predicted octanol–water partition coefficient (Wildman–Crippen LogP) is 1.37. The molecular formula is C13H17NO5S. The number of esters is 1. The van der Waals surface area contributed by atoms with Crippen molar-refractivity contribution in [2.24, 2.45) is 0 Å². The lowest BCUT2D eigenvalue weighted by Crippen LogP contribution is -2.13. The Bertz CT molecular complexity index is 622. The van der Waals surface area contributed by atoms with Crippen LogP contribution in [0, 0.1) is 0 Å². The third-order valence-corrected chi connectivity index (χ3v) is 2.95. The molecule has 0 aliphatic carbocycles. The fraction of sp³-hybridized carbons (Fsp3) is 0.385. The van der Waals surface area contributed by atoms with E-state index in [1.54, 1.807) is 13.0 Å². The summed E-state index contributed by atoms with van der Waals surface area (Å²) in [4.78, 5) is 23.1. The van der Waals surface area contributed by atoms with Gasteiger partial charge in [0.15, 0.2) is 0 Å². The summed E-state index contributed by atoms with van der Waals surface area (Å²) in [6, 6.07) is 4.42. The van der Waals surface area contributed by atoms with Crippen LogP contribution < -0.4 is 4.72 Å². The van der Waals surface area contributed by atoms with Gasteiger partial charge in [-0.25, -0.2) is 13.2 Å². The highest BCUT2D eigenvalue weighted by atomic mass is 32.2. The molecule has 0 unspecified atom stereocenters. The summed E-state index contributed by atoms with van der Waals surface area (Å²) in [5.74, 6) is -0.680. The lowest BCUT2D eigenvalue weighted by Gasteiger charge is -2.11. The smallest absolute Gasteiger partial charge is 0.338 e. The molecule has 1 rings (SSSR count). The summed E-state index contributed by atoms with van der Waals surface area (Å²) in [5.41, 5.74) is 0.952. The topological polar surface area (TPSA) is 89.5 Å². The van der Waals surface area contributed by atoms with E-state index in [1.165, 1.54) is 19.1 Å². The van der Waals surface area contributed by atoms with Gasteiger partial charge < -0.3 is 4.74 Å². The Labute approximate surface area is 118 Å². The Morgan fingerprint density at radius 2 is 1.95 bits per heavy atom. The van der Waals surface area contributed by atoms with E-state index in [4.69, 9.17) is 4.74 Å². The molecule has 1 aromatic rings. The summed E-state index contributed by atoms with van der Waals surface area (Å²) in [5, 5.41) is 0. The number of rotatable bonds is 6. The van der Waals surface area contributed by atoms with Crippen molar-refractivity contribution in [3.63, 3.8) is 0 Å². The summed E-state index contributed by atoms with van der Waals surface area (Å²) in [6.45, 7) is 3.28. The largest absolute Gasteiger partial charge is 0.462 e. The highest BCUT2D eigenvalue weighted by Gasteiger charge is 2.15. The molecule has 0 atom stereocenters. The molecule has 0 bridgehead atoms. The highest BCUT2D eigenvalue weighted by molar-refractivity contribution is 7.92. The summed E-state index contributed by atoms with van der Waals surface area (Å²) in [6.07, 6.45) is 1.10. The zero-order chi connectivity index (χ0) is 15.3. The fourth-order valence-electron chi connectivity index (χ4n) is 1.68. The van der Waals surface area contributed by atoms with Crippen molar-refractivity contribution in [1.29, 1.82) is 0 Å². The summed E-state index contributed by atoms with van der Waals surface area (Å²) < 4.78 is 29.6. The van der Waals surface area contributed by atoms with E-state index in [2.05, 4.69) is 4.72 Å². The van der Waals surface area contributed by atoms with Gasteiger partial charge in [0.25, 0.3) is 0 Å². The van der Waals surface area contributed by atoms with Crippen LogP contribution in [-0.2, 0) is 26.0 Å². The molecule has 6 nitrogen and oxygen atoms in total. The second-order valence-electron chi connectivity index (χ2n) is 4.35. The standard InChI is InChI=1S/C13H17NO5S/c1-4-19-13(16)12-8-11(14-20(3,17)18)6-5-10(12)7-9(2)15/h5-6,8,14H,4,7H2,1-3H3. The fourth-order valence-corrected chi connectivity index (χ4v) is 2.23. The van der Waals surface area contributed by atoms with Gasteiger partial charge in [-0.3, -0.25) is 9.52 Å². The predicted molar refractivity (Wildman–Crippen MR) is 75.3 cm³/mol. The molecule has 110 valence electrons. The van der Waals surface area contributed by atoms with Crippen LogP contribution in [0.25, 0.3) is 0 Å². The second kappa shape index (κ2) is 6.51. The van der Waals surface area contributed by atoms with Crippen LogP contribution in [0.5, 0.6) is 0 Å². The van der Waals surface area contributed by atoms with Crippen LogP contribution in [0.3, 0.4) is 0 Å². The Kier molecular flexibility index (Phi) is 5.26. The molecule has 0 heterocycles. The van der Waals surface area contributed by atoms with Gasteiger partial charge in [-0.05, 0) is 31.5 Å². The minimum atomic E-state index is -3.44. The van der Waals surface area contributed by atoms with Gasteiger partial charge in [0, 0.05) is 12.1 Å². The molecule has 1 aromatic carbocycles. The number of hydrogen-bond acceptors (Lipinski definition) is 5. The quantitative estimate of drug-likeness (QED) is 0.801. The average molecular weight is 299 g/mol. The Balaban J connectivity index is 3.20. The summed E-state index contributed by atoms with van der Waals surface area (Å²) in [7, 11) is -3.44. The Hall–Kier alpha value is -1.89. The molecule has 0 amide bonds. The van der Waals surface area contributed by atoms with Crippen LogP contribution in [0.2, 0.25) is 0 Å². The third kappa shape index (κ3) is 5.00. The molecule has 0 aliphatic heterocycles. The zero-order valence-electron chi connectivity index (χ0n) is 11.6. The Morgan fingerprint density at radius 3 is 2.45 bits per heavy atom. The minimum absolute atomic E-state index is 0.0906. The number of Topliss-reactive ketones (excluding diaryl/α,β-unsaturated/α-hetero) is 1. The van der Waals surface area contributed by atoms with Crippen molar-refractivity contribution in [1.82, 2.24) is 0 Å². The van der Waals surface area contributed by atoms with Gasteiger partial charge >= 0.3 is 5.97 Å². The van der Waals surface area contributed by atoms with Gasteiger partial charge in [-0.15, -0.1) is 0 Å². The lowest BCUT2D eigenvalue weighted by molar-refractivity contribution is -0.116. The highest BCUT2D eigenvalue weighted by Crippen LogP contribution is 2.19. The average Bonchev–Trinajstić information content (AvgIpc) is 2.28. The number of carbonyl (C=O) groups is 2. The van der Waals surface area contributed by atoms with Gasteiger partial charge in [0.2, 0.25) is 10.0 Å². The molecule has 20 heavy (non-hydrogen) atoms. The van der Waals surface area contributed by atoms with Crippen molar-refractivity contribution in [2.75, 3.05) is 17.6 Å². The van der Waals surface area contributed by atoms with Gasteiger partial charge in [0.05, 0.1) is 18.4 Å². The van der Waals surface area contributed by atoms with E-state index >= 15 is 0 Å². The zero-order valence-corrected chi connectivity index (χ0v) is 12.4. The molecule has 0 aliphatic rings. The maximum Gasteiger partial charge on any atom is 0.338 e. The van der Waals surface area contributed by atoms with Crippen molar-refractivity contribution in [3.8, 4) is 0 Å². The Morgan fingerprint density at radius 1 is 1.30 bits per heavy atom. The van der Waals surface area contributed by atoms with Crippen LogP contribution in [0.1, 0.15) is 29.8 Å². The second-order valence-corrected chi connectivity index (χ2v) is 6.09. The third-order valence-electron chi connectivity index (χ3n) is 2.35. The number of ketones is 1. The van der Waals surface area contributed by atoms with Gasteiger partial charge in [0.1, 0.15) is 5.78 Å². The minimum Gasteiger partial charge on any atom is -0.462 e. The van der Waals surface area contributed by atoms with Crippen molar-refractivity contribution >= 4 is 27.5 Å². The molecule has 1 N–H and O–H groups in total. The van der Waals surface area contributed by atoms with E-state index in [0.717, 1.165) is 6.26 Å². The molecule has 7 heteroatoms. The van der Waals surface area contributed by atoms with Crippen molar-refractivity contribution in [3.05, 3.63) is 29.3 Å². The maximum absolute atomic E-state index is 11.9. The number of anilines is 1. The molecular weight excluding hydrogens is 282 g/mol. The first kappa shape index (κ1) is 16.2. The summed E-state index contributed by atoms with van der Waals surface area (Å²) >= 11 is 0. The van der Waals surface area contributed by atoms with Crippen molar-refractivity contribution in [2.45, 2.75) is 20.3 Å². The van der Waals surface area contributed by atoms with E-state index in [9.17, 15) is 18.0 Å². The van der Waals surface area contributed by atoms with Crippen molar-refractivity contribution < 1.29 is 22.7 Å². The normalized spacial score (nSPS) is 10.9. The molecule has 0 saturated carbocycles. The van der Waals surface area contributed by atoms with Crippen LogP contribution >= 0.6 is 0 Å². The molecule has 0 saturated heterocycles. The first-order valence-electron chi connectivity index (χ1n) is 6.00. The van der Waals surface area contributed by atoms with Crippen LogP contribution in [0.4, 0.5) is 5.69 Å². The first-order valence-corrected chi connectivity index (χ1v) is 7.89. The number of ether oxygens (including phenoxy) is 1. The van der Waals surface area contributed by atoms with Gasteiger partial charge in [-0.2, -0.15) is 0 Å². The SMILES string of the molecule is CCOC(=O)c1cc(NS(C)(=O)=O)ccc1CC(C)=O. The van der Waals surface area contributed by atoms with Gasteiger partial charge in [-0.1, -0.05) is 6.07 Å².